The summed E-state index contributed by atoms with van der Waals surface area (Å²) in [6.45, 7) is 56.1. The van der Waals surface area contributed by atoms with Gasteiger partial charge in [-0.3, -0.25) is 19.4 Å². The van der Waals surface area contributed by atoms with Gasteiger partial charge < -0.3 is 20.4 Å². The molecular formula is C88H166Cl2N14O4. The maximum Gasteiger partial charge on any atom is 0.231 e. The summed E-state index contributed by atoms with van der Waals surface area (Å²) in [5, 5.41) is 17.7. The summed E-state index contributed by atoms with van der Waals surface area (Å²) in [5.74, 6) is 3.12. The molecule has 6 heterocycles. The number of unbranched alkanes of at least 4 members (excludes halogenated alkanes) is 23. The van der Waals surface area contributed by atoms with Crippen molar-refractivity contribution in [2.45, 2.75) is 478 Å². The van der Waals surface area contributed by atoms with Gasteiger partial charge in [-0.2, -0.15) is 50.2 Å². The fraction of sp³-hybridized carbons (Fsp3) is 0.932. The molecule has 4 aliphatic rings. The van der Waals surface area contributed by atoms with Crippen LogP contribution in [0.15, 0.2) is 0 Å². The first-order valence-electron chi connectivity index (χ1n) is 44.7. The Morgan fingerprint density at radius 3 is 0.796 bits per heavy atom. The Labute approximate surface area is 672 Å². The van der Waals surface area contributed by atoms with E-state index in [4.69, 9.17) is 72.5 Å². The summed E-state index contributed by atoms with van der Waals surface area (Å²) < 4.78 is 0. The van der Waals surface area contributed by atoms with Gasteiger partial charge in [0.05, 0.1) is 26.4 Å². The van der Waals surface area contributed by atoms with E-state index < -0.39 is 0 Å². The van der Waals surface area contributed by atoms with Crippen LogP contribution in [-0.2, 0) is 19.4 Å². The minimum Gasteiger partial charge on any atom is -0.351 e. The Hall–Kier alpha value is -2.52. The lowest BCUT2D eigenvalue weighted by Gasteiger charge is -2.55. The van der Waals surface area contributed by atoms with Gasteiger partial charge >= 0.3 is 0 Å². The molecule has 2 aromatic rings. The lowest BCUT2D eigenvalue weighted by molar-refractivity contribution is -0.289. The zero-order valence-corrected chi connectivity index (χ0v) is 75.3. The van der Waals surface area contributed by atoms with Crippen LogP contribution >= 0.6 is 23.2 Å². The summed E-state index contributed by atoms with van der Waals surface area (Å²) >= 11 is 14.4. The van der Waals surface area contributed by atoms with Crippen LogP contribution < -0.4 is 20.4 Å². The zero-order valence-electron chi connectivity index (χ0n) is 73.7. The van der Waals surface area contributed by atoms with Crippen LogP contribution in [0.1, 0.15) is 409 Å². The molecule has 0 aliphatic carbocycles. The van der Waals surface area contributed by atoms with Gasteiger partial charge in [-0.25, -0.2) is 0 Å². The topological polar surface area (TPSA) is 158 Å². The van der Waals surface area contributed by atoms with Crippen molar-refractivity contribution in [2.75, 3.05) is 60.0 Å². The van der Waals surface area contributed by atoms with Crippen LogP contribution in [0, 0.1) is 11.8 Å². The predicted molar refractivity (Wildman–Crippen MR) is 456 cm³/mol. The Morgan fingerprint density at radius 2 is 0.546 bits per heavy atom. The van der Waals surface area contributed by atoms with Crippen molar-refractivity contribution in [3.63, 3.8) is 0 Å². The molecule has 4 fully saturated rings. The van der Waals surface area contributed by atoms with Crippen molar-refractivity contribution in [1.29, 1.82) is 0 Å². The minimum atomic E-state index is -0.273. The second-order valence-electron chi connectivity index (χ2n) is 38.9. The summed E-state index contributed by atoms with van der Waals surface area (Å²) in [5.41, 5.74) is -1.78. The van der Waals surface area contributed by atoms with E-state index in [-0.39, 0.29) is 79.0 Å². The minimum absolute atomic E-state index is 0.111. The first-order valence-corrected chi connectivity index (χ1v) is 45.5. The van der Waals surface area contributed by atoms with Crippen LogP contribution in [0.3, 0.4) is 0 Å². The first kappa shape index (κ1) is 94.3. The Morgan fingerprint density at radius 1 is 0.315 bits per heavy atom. The summed E-state index contributed by atoms with van der Waals surface area (Å²) in [7, 11) is 0. The number of rotatable bonds is 53. The fourth-order valence-corrected chi connectivity index (χ4v) is 20.7. The standard InChI is InChI=1S/C88H166Cl2N14O4/c1-23-29-33-37-43-49-57-105-101-81(7,8)61-69(62-82(101,9)10)73(53-27-5)91-77-93-75(89)95-79(97-77)99(71-65-85(15,16)103(86(17,18)66-71)107-59-51-45-39-35-31-25-3)55-47-41-42-48-56-100(72-67-87(19,20)104(88(21,22)68-72)108-60-52-46-40-36-32-26-4)80-96-76(90)94-78(98-80)92-74(54-28-6)70-63-83(11,12)102(84(13,14)64-70)106-58-50-44-38-34-30-24-2/h69-74H,23-68H2,1-22H3,(H,91,93,95,97)(H,92,94,96,98). The largest absolute Gasteiger partial charge is 0.351 e. The number of aromatic nitrogens is 6. The maximum absolute atomic E-state index is 7.19. The molecule has 4 saturated heterocycles. The normalized spacial score (nSPS) is 21.1. The van der Waals surface area contributed by atoms with E-state index in [0.717, 1.165) is 168 Å². The first-order chi connectivity index (χ1) is 51.1. The molecule has 0 aromatic carbocycles. The molecule has 0 radical (unpaired) electrons. The van der Waals surface area contributed by atoms with Crippen LogP contribution in [-0.4, -0.2) is 158 Å². The molecule has 0 bridgehead atoms. The smallest absolute Gasteiger partial charge is 0.231 e. The number of anilines is 4. The van der Waals surface area contributed by atoms with Crippen molar-refractivity contribution in [3.05, 3.63) is 10.6 Å². The molecule has 0 amide bonds. The molecule has 0 saturated carbocycles. The van der Waals surface area contributed by atoms with E-state index >= 15 is 0 Å². The van der Waals surface area contributed by atoms with Gasteiger partial charge in [0.15, 0.2) is 0 Å². The average molecular weight is 1560 g/mol. The quantitative estimate of drug-likeness (QED) is 0.0602. The number of hydrogen-bond donors (Lipinski definition) is 2. The van der Waals surface area contributed by atoms with Gasteiger partial charge in [0.25, 0.3) is 0 Å². The highest BCUT2D eigenvalue weighted by molar-refractivity contribution is 6.28. The maximum atomic E-state index is 7.19. The molecule has 20 heteroatoms. The Bertz CT molecular complexity index is 2570. The second kappa shape index (κ2) is 45.1. The van der Waals surface area contributed by atoms with E-state index in [0.29, 0.717) is 35.6 Å². The van der Waals surface area contributed by atoms with Gasteiger partial charge in [0.2, 0.25) is 34.4 Å². The van der Waals surface area contributed by atoms with E-state index in [1.807, 2.05) is 0 Å². The molecule has 626 valence electrons. The molecule has 2 unspecified atom stereocenters. The van der Waals surface area contributed by atoms with Crippen molar-refractivity contribution in [1.82, 2.24) is 50.2 Å². The molecule has 6 rings (SSSR count). The number of nitrogens with one attached hydrogen (secondary N) is 2. The molecule has 2 aromatic heterocycles. The second-order valence-corrected chi connectivity index (χ2v) is 39.6. The third-order valence-electron chi connectivity index (χ3n) is 24.4. The SMILES string of the molecule is CCCCCCCCON1C(C)(C)CC(C(CCC)Nc2nc(Cl)nc(N(CCCCCCN(c3nc(Cl)nc(NC(CCC)C4CC(C)(C)N(OCCCCCCCC)C(C)(C)C4)n3)C3CC(C)(C)N(OCCCCCCCC)C(C)(C)C3)C3CC(C)(C)N(OCCCCCCCC)C(C)(C)C3)n2)CC1(C)C. The van der Waals surface area contributed by atoms with Gasteiger partial charge in [-0.1, -0.05) is 196 Å². The van der Waals surface area contributed by atoms with Crippen molar-refractivity contribution < 1.29 is 19.4 Å². The molecule has 18 nitrogen and oxygen atoms in total. The number of nitrogens with zero attached hydrogens (tertiary/aromatic N) is 12. The van der Waals surface area contributed by atoms with Crippen LogP contribution in [0.25, 0.3) is 0 Å². The average Bonchev–Trinajstić information content (AvgIpc) is 0.779. The van der Waals surface area contributed by atoms with Crippen LogP contribution in [0.5, 0.6) is 0 Å². The molecule has 2 N–H and O–H groups in total. The van der Waals surface area contributed by atoms with Crippen molar-refractivity contribution >= 4 is 47.0 Å². The fourth-order valence-electron chi connectivity index (χ4n) is 20.3. The molecule has 2 atom stereocenters. The van der Waals surface area contributed by atoms with E-state index in [1.165, 1.54) is 128 Å². The molecule has 108 heavy (non-hydrogen) atoms. The van der Waals surface area contributed by atoms with E-state index in [9.17, 15) is 0 Å². The lowest BCUT2D eigenvalue weighted by Crippen LogP contribution is -2.64. The highest BCUT2D eigenvalue weighted by atomic mass is 35.5. The zero-order chi connectivity index (χ0) is 79.4. The number of piperidine rings is 4. The van der Waals surface area contributed by atoms with Gasteiger partial charge in [0.1, 0.15) is 0 Å². The summed E-state index contributed by atoms with van der Waals surface area (Å²) in [4.78, 5) is 63.1. The third-order valence-corrected chi connectivity index (χ3v) is 24.7. The number of hydroxylamine groups is 8. The van der Waals surface area contributed by atoms with Gasteiger partial charge in [-0.05, 0) is 249 Å². The highest BCUT2D eigenvalue weighted by Gasteiger charge is 2.53. The summed E-state index contributed by atoms with van der Waals surface area (Å²) in [6.07, 6.45) is 45.1. The number of halogens is 2. The molecular weight excluding hydrogens is 1390 g/mol. The van der Waals surface area contributed by atoms with E-state index in [1.54, 1.807) is 0 Å². The molecule has 4 aliphatic heterocycles. The monoisotopic (exact) mass is 1550 g/mol. The van der Waals surface area contributed by atoms with E-state index in [2.05, 4.69) is 193 Å². The molecule has 0 spiro atoms. The highest BCUT2D eigenvalue weighted by Crippen LogP contribution is 2.48. The van der Waals surface area contributed by atoms with Crippen LogP contribution in [0.2, 0.25) is 10.6 Å². The van der Waals surface area contributed by atoms with Crippen LogP contribution in [0.4, 0.5) is 23.8 Å². The van der Waals surface area contributed by atoms with Gasteiger partial charge in [-0.15, -0.1) is 0 Å². The van der Waals surface area contributed by atoms with Crippen molar-refractivity contribution in [2.24, 2.45) is 11.8 Å². The summed E-state index contributed by atoms with van der Waals surface area (Å²) in [6, 6.07) is 0.489. The lowest BCUT2D eigenvalue weighted by atomic mass is 9.71. The third kappa shape index (κ3) is 29.3. The van der Waals surface area contributed by atoms with Crippen molar-refractivity contribution in [3.8, 4) is 0 Å². The Kier molecular flexibility index (Phi) is 39.4. The predicted octanol–water partition coefficient (Wildman–Crippen LogP) is 24.1. The van der Waals surface area contributed by atoms with Gasteiger partial charge in [0, 0.05) is 81.6 Å². The number of hydrogen-bond acceptors (Lipinski definition) is 18. The Balaban J connectivity index is 1.26.